The molecule has 0 fully saturated rings. The number of rotatable bonds is 4. The summed E-state index contributed by atoms with van der Waals surface area (Å²) in [5, 5.41) is 6.18. The summed E-state index contributed by atoms with van der Waals surface area (Å²) >= 11 is 0. The Kier molecular flexibility index (Phi) is 4.47. The van der Waals surface area contributed by atoms with Crippen LogP contribution in [0.25, 0.3) is 38.6 Å². The Balaban J connectivity index is 1.52. The summed E-state index contributed by atoms with van der Waals surface area (Å²) in [4.78, 5) is 0. The molecule has 6 rings (SSSR count). The van der Waals surface area contributed by atoms with Gasteiger partial charge in [-0.25, -0.2) is 0 Å². The minimum Gasteiger partial charge on any atom is -0.355 e. The molecule has 1 heterocycles. The SMILES string of the molecule is c1ccc(-c2cccc(Nc3cccc4c3c3ccccc3n4-c3ccccc3)c2)cc1. The fourth-order valence-corrected chi connectivity index (χ4v) is 4.54. The number of aromatic nitrogens is 1. The van der Waals surface area contributed by atoms with E-state index >= 15 is 0 Å². The van der Waals surface area contributed by atoms with Gasteiger partial charge in [-0.15, -0.1) is 0 Å². The molecule has 0 spiro atoms. The third-order valence-corrected chi connectivity index (χ3v) is 5.96. The van der Waals surface area contributed by atoms with Gasteiger partial charge in [0.1, 0.15) is 0 Å². The van der Waals surface area contributed by atoms with Gasteiger partial charge in [-0.1, -0.05) is 84.9 Å². The Morgan fingerprint density at radius 2 is 1.16 bits per heavy atom. The summed E-state index contributed by atoms with van der Waals surface area (Å²) in [6.07, 6.45) is 0. The Morgan fingerprint density at radius 1 is 0.500 bits per heavy atom. The first-order valence-corrected chi connectivity index (χ1v) is 10.9. The maximum atomic E-state index is 3.70. The van der Waals surface area contributed by atoms with Crippen molar-refractivity contribution in [3.63, 3.8) is 0 Å². The fourth-order valence-electron chi connectivity index (χ4n) is 4.54. The van der Waals surface area contributed by atoms with E-state index in [1.54, 1.807) is 0 Å². The molecular weight excluding hydrogens is 388 g/mol. The van der Waals surface area contributed by atoms with Crippen LogP contribution in [0.1, 0.15) is 0 Å². The standard InChI is InChI=1S/C30H22N2/c1-3-11-22(12-4-1)23-13-9-14-24(21-23)31-27-18-10-20-29-30(27)26-17-7-8-19-28(26)32(29)25-15-5-2-6-16-25/h1-21,31H. The van der Waals surface area contributed by atoms with E-state index in [0.29, 0.717) is 0 Å². The van der Waals surface area contributed by atoms with Crippen LogP contribution in [0.3, 0.4) is 0 Å². The second kappa shape index (κ2) is 7.75. The van der Waals surface area contributed by atoms with E-state index in [1.807, 2.05) is 0 Å². The van der Waals surface area contributed by atoms with Crippen LogP contribution in [-0.2, 0) is 0 Å². The Hall–Kier alpha value is -4.30. The number of nitrogens with one attached hydrogen (secondary N) is 1. The molecule has 0 saturated heterocycles. The van der Waals surface area contributed by atoms with Gasteiger partial charge in [0.15, 0.2) is 0 Å². The maximum absolute atomic E-state index is 3.70. The van der Waals surface area contributed by atoms with E-state index in [1.165, 1.54) is 38.6 Å². The zero-order valence-electron chi connectivity index (χ0n) is 17.6. The van der Waals surface area contributed by atoms with Crippen LogP contribution in [0.15, 0.2) is 127 Å². The molecule has 152 valence electrons. The lowest BCUT2D eigenvalue weighted by Gasteiger charge is -2.11. The van der Waals surface area contributed by atoms with Crippen molar-refractivity contribution in [1.29, 1.82) is 0 Å². The van der Waals surface area contributed by atoms with Gasteiger partial charge in [0.2, 0.25) is 0 Å². The summed E-state index contributed by atoms with van der Waals surface area (Å²) in [7, 11) is 0. The molecule has 32 heavy (non-hydrogen) atoms. The maximum Gasteiger partial charge on any atom is 0.0562 e. The van der Waals surface area contributed by atoms with Crippen molar-refractivity contribution in [1.82, 2.24) is 4.57 Å². The highest BCUT2D eigenvalue weighted by atomic mass is 15.0. The lowest BCUT2D eigenvalue weighted by molar-refractivity contribution is 1.18. The molecule has 0 radical (unpaired) electrons. The molecule has 0 bridgehead atoms. The van der Waals surface area contributed by atoms with Crippen LogP contribution in [-0.4, -0.2) is 4.57 Å². The van der Waals surface area contributed by atoms with Crippen molar-refractivity contribution in [3.8, 4) is 16.8 Å². The van der Waals surface area contributed by atoms with Gasteiger partial charge in [-0.2, -0.15) is 0 Å². The average molecular weight is 411 g/mol. The molecule has 0 saturated carbocycles. The van der Waals surface area contributed by atoms with Gasteiger partial charge in [-0.05, 0) is 53.6 Å². The second-order valence-electron chi connectivity index (χ2n) is 7.96. The van der Waals surface area contributed by atoms with Gasteiger partial charge in [0.05, 0.1) is 11.0 Å². The predicted molar refractivity (Wildman–Crippen MR) is 136 cm³/mol. The zero-order chi connectivity index (χ0) is 21.3. The highest BCUT2D eigenvalue weighted by Crippen LogP contribution is 2.37. The Bertz CT molecular complexity index is 1530. The molecule has 2 heteroatoms. The molecular formula is C30H22N2. The minimum atomic E-state index is 1.08. The molecule has 0 unspecified atom stereocenters. The molecule has 1 aromatic heterocycles. The minimum absolute atomic E-state index is 1.08. The van der Waals surface area contributed by atoms with Gasteiger partial charge in [0, 0.05) is 27.8 Å². The molecule has 2 nitrogen and oxygen atoms in total. The number of nitrogens with zero attached hydrogens (tertiary/aromatic N) is 1. The van der Waals surface area contributed by atoms with Crippen molar-refractivity contribution in [2.75, 3.05) is 5.32 Å². The molecule has 0 aliphatic carbocycles. The van der Waals surface area contributed by atoms with E-state index in [9.17, 15) is 0 Å². The van der Waals surface area contributed by atoms with Gasteiger partial charge in [-0.3, -0.25) is 0 Å². The number of hydrogen-bond acceptors (Lipinski definition) is 1. The molecule has 0 aliphatic heterocycles. The normalized spacial score (nSPS) is 11.1. The van der Waals surface area contributed by atoms with E-state index in [2.05, 4.69) is 137 Å². The highest BCUT2D eigenvalue weighted by molar-refractivity contribution is 6.15. The molecule has 0 aliphatic rings. The monoisotopic (exact) mass is 410 g/mol. The van der Waals surface area contributed by atoms with Crippen LogP contribution in [0.4, 0.5) is 11.4 Å². The van der Waals surface area contributed by atoms with Gasteiger partial charge >= 0.3 is 0 Å². The zero-order valence-corrected chi connectivity index (χ0v) is 17.6. The van der Waals surface area contributed by atoms with Crippen molar-refractivity contribution in [2.45, 2.75) is 0 Å². The largest absolute Gasteiger partial charge is 0.355 e. The van der Waals surface area contributed by atoms with E-state index in [0.717, 1.165) is 11.4 Å². The smallest absolute Gasteiger partial charge is 0.0562 e. The molecule has 5 aromatic carbocycles. The van der Waals surface area contributed by atoms with Crippen molar-refractivity contribution >= 4 is 33.2 Å². The van der Waals surface area contributed by atoms with Crippen LogP contribution < -0.4 is 5.32 Å². The average Bonchev–Trinajstić information content (AvgIpc) is 3.21. The number of benzene rings is 5. The number of fused-ring (bicyclic) bond motifs is 3. The summed E-state index contributed by atoms with van der Waals surface area (Å²) in [5.41, 5.74) is 8.18. The first kappa shape index (κ1) is 18.5. The van der Waals surface area contributed by atoms with Crippen molar-refractivity contribution in [2.24, 2.45) is 0 Å². The summed E-state index contributed by atoms with van der Waals surface area (Å²) in [5.74, 6) is 0. The fraction of sp³-hybridized carbons (Fsp3) is 0. The third-order valence-electron chi connectivity index (χ3n) is 5.96. The van der Waals surface area contributed by atoms with Crippen molar-refractivity contribution in [3.05, 3.63) is 127 Å². The first-order valence-electron chi connectivity index (χ1n) is 10.9. The molecule has 0 amide bonds. The number of para-hydroxylation sites is 2. The Labute approximate surface area is 187 Å². The first-order chi connectivity index (χ1) is 15.9. The quantitative estimate of drug-likeness (QED) is 0.310. The van der Waals surface area contributed by atoms with Gasteiger partial charge < -0.3 is 9.88 Å². The van der Waals surface area contributed by atoms with Crippen LogP contribution in [0.5, 0.6) is 0 Å². The van der Waals surface area contributed by atoms with E-state index in [-0.39, 0.29) is 0 Å². The highest BCUT2D eigenvalue weighted by Gasteiger charge is 2.15. The van der Waals surface area contributed by atoms with E-state index < -0.39 is 0 Å². The lowest BCUT2D eigenvalue weighted by atomic mass is 10.0. The molecule has 0 atom stereocenters. The Morgan fingerprint density at radius 3 is 2.00 bits per heavy atom. The summed E-state index contributed by atoms with van der Waals surface area (Å²) in [6.45, 7) is 0. The predicted octanol–water partition coefficient (Wildman–Crippen LogP) is 8.19. The van der Waals surface area contributed by atoms with Crippen LogP contribution in [0, 0.1) is 0 Å². The number of hydrogen-bond donors (Lipinski definition) is 1. The van der Waals surface area contributed by atoms with Gasteiger partial charge in [0.25, 0.3) is 0 Å². The molecule has 1 N–H and O–H groups in total. The van der Waals surface area contributed by atoms with E-state index in [4.69, 9.17) is 0 Å². The van der Waals surface area contributed by atoms with Crippen LogP contribution >= 0.6 is 0 Å². The molecule has 6 aromatic rings. The van der Waals surface area contributed by atoms with Crippen LogP contribution in [0.2, 0.25) is 0 Å². The third kappa shape index (κ3) is 3.14. The topological polar surface area (TPSA) is 17.0 Å². The lowest BCUT2D eigenvalue weighted by Crippen LogP contribution is -1.94. The number of anilines is 2. The second-order valence-corrected chi connectivity index (χ2v) is 7.96. The summed E-state index contributed by atoms with van der Waals surface area (Å²) < 4.78 is 2.34. The van der Waals surface area contributed by atoms with Crippen molar-refractivity contribution < 1.29 is 0 Å². The summed E-state index contributed by atoms with van der Waals surface area (Å²) in [6, 6.07) is 44.8.